The SMILES string of the molecule is CCNc1nc(-c2ccc(C(F)(F)F)cc2)nc2cc(C(F)(F)F)ccc12. The van der Waals surface area contributed by atoms with Gasteiger partial charge in [-0.05, 0) is 37.3 Å². The molecule has 0 radical (unpaired) electrons. The van der Waals surface area contributed by atoms with Crippen molar-refractivity contribution in [1.82, 2.24) is 9.97 Å². The normalized spacial score (nSPS) is 12.4. The zero-order valence-electron chi connectivity index (χ0n) is 13.9. The van der Waals surface area contributed by atoms with E-state index in [1.54, 1.807) is 6.92 Å². The molecule has 0 saturated carbocycles. The number of hydrogen-bond acceptors (Lipinski definition) is 3. The van der Waals surface area contributed by atoms with E-state index >= 15 is 0 Å². The molecule has 0 amide bonds. The van der Waals surface area contributed by atoms with Gasteiger partial charge in [-0.3, -0.25) is 0 Å². The molecular weight excluding hydrogens is 372 g/mol. The van der Waals surface area contributed by atoms with E-state index in [-0.39, 0.29) is 16.9 Å². The van der Waals surface area contributed by atoms with Crippen LogP contribution in [0.25, 0.3) is 22.3 Å². The predicted molar refractivity (Wildman–Crippen MR) is 89.1 cm³/mol. The molecule has 2 aromatic carbocycles. The lowest BCUT2D eigenvalue weighted by atomic mass is 10.1. The fraction of sp³-hybridized carbons (Fsp3) is 0.222. The molecule has 1 aromatic heterocycles. The van der Waals surface area contributed by atoms with Gasteiger partial charge in [0.2, 0.25) is 0 Å². The quantitative estimate of drug-likeness (QED) is 0.582. The maximum absolute atomic E-state index is 13.0. The van der Waals surface area contributed by atoms with Gasteiger partial charge in [-0.15, -0.1) is 0 Å². The molecule has 0 fully saturated rings. The summed E-state index contributed by atoms with van der Waals surface area (Å²) in [5.41, 5.74) is -1.39. The Bertz CT molecular complexity index is 962. The first kappa shape index (κ1) is 18.9. The minimum Gasteiger partial charge on any atom is -0.370 e. The van der Waals surface area contributed by atoms with Crippen LogP contribution in [-0.2, 0) is 12.4 Å². The summed E-state index contributed by atoms with van der Waals surface area (Å²) in [7, 11) is 0. The summed E-state index contributed by atoms with van der Waals surface area (Å²) in [6, 6.07) is 7.23. The van der Waals surface area contributed by atoms with Gasteiger partial charge in [0.05, 0.1) is 16.6 Å². The van der Waals surface area contributed by atoms with Crippen LogP contribution in [-0.4, -0.2) is 16.5 Å². The molecule has 1 N–H and O–H groups in total. The van der Waals surface area contributed by atoms with Crippen LogP contribution in [0.4, 0.5) is 32.2 Å². The van der Waals surface area contributed by atoms with Crippen LogP contribution in [0.1, 0.15) is 18.1 Å². The molecule has 9 heteroatoms. The Kier molecular flexibility index (Phi) is 4.71. The second kappa shape index (κ2) is 6.71. The second-order valence-corrected chi connectivity index (χ2v) is 5.73. The average molecular weight is 385 g/mol. The van der Waals surface area contributed by atoms with Crippen LogP contribution >= 0.6 is 0 Å². The van der Waals surface area contributed by atoms with E-state index in [2.05, 4.69) is 15.3 Å². The molecule has 0 aliphatic carbocycles. The van der Waals surface area contributed by atoms with E-state index in [0.717, 1.165) is 24.3 Å². The molecule has 0 aliphatic rings. The van der Waals surface area contributed by atoms with Gasteiger partial charge in [0, 0.05) is 17.5 Å². The summed E-state index contributed by atoms with van der Waals surface area (Å²) >= 11 is 0. The molecule has 3 aromatic rings. The molecule has 0 aliphatic heterocycles. The predicted octanol–water partition coefficient (Wildman–Crippen LogP) is 5.77. The molecule has 3 rings (SSSR count). The Morgan fingerprint density at radius 3 is 1.96 bits per heavy atom. The van der Waals surface area contributed by atoms with Gasteiger partial charge in [0.15, 0.2) is 5.82 Å². The van der Waals surface area contributed by atoms with Gasteiger partial charge in [-0.1, -0.05) is 12.1 Å². The minimum absolute atomic E-state index is 0.0338. The number of benzene rings is 2. The number of nitrogens with zero attached hydrogens (tertiary/aromatic N) is 2. The highest BCUT2D eigenvalue weighted by Gasteiger charge is 2.31. The van der Waals surface area contributed by atoms with Crippen molar-refractivity contribution in [2.45, 2.75) is 19.3 Å². The first-order valence-corrected chi connectivity index (χ1v) is 7.90. The summed E-state index contributed by atoms with van der Waals surface area (Å²) in [4.78, 5) is 8.38. The average Bonchev–Trinajstić information content (AvgIpc) is 2.60. The summed E-state index contributed by atoms with van der Waals surface area (Å²) in [6.07, 6.45) is -9.02. The van der Waals surface area contributed by atoms with Crippen LogP contribution in [0, 0.1) is 0 Å². The van der Waals surface area contributed by atoms with Crippen LogP contribution < -0.4 is 5.32 Å². The lowest BCUT2D eigenvalue weighted by Crippen LogP contribution is -2.07. The number of hydrogen-bond donors (Lipinski definition) is 1. The molecule has 0 bridgehead atoms. The Balaban J connectivity index is 2.14. The largest absolute Gasteiger partial charge is 0.416 e. The smallest absolute Gasteiger partial charge is 0.370 e. The lowest BCUT2D eigenvalue weighted by molar-refractivity contribution is -0.138. The number of nitrogens with one attached hydrogen (secondary N) is 1. The third kappa shape index (κ3) is 3.96. The summed E-state index contributed by atoms with van der Waals surface area (Å²) in [6.45, 7) is 2.25. The van der Waals surface area contributed by atoms with Crippen molar-refractivity contribution in [3.63, 3.8) is 0 Å². The highest BCUT2D eigenvalue weighted by Crippen LogP contribution is 2.34. The monoisotopic (exact) mass is 385 g/mol. The minimum atomic E-state index is -4.54. The summed E-state index contributed by atoms with van der Waals surface area (Å²) < 4.78 is 77.0. The maximum atomic E-state index is 13.0. The van der Waals surface area contributed by atoms with Crippen molar-refractivity contribution in [3.8, 4) is 11.4 Å². The molecule has 0 unspecified atom stereocenters. The Labute approximate surface area is 150 Å². The number of fused-ring (bicyclic) bond motifs is 1. The standard InChI is InChI=1S/C18H13F6N3/c1-2-25-16-13-8-7-12(18(22,23)24)9-14(13)26-15(27-16)10-3-5-11(6-4-10)17(19,20)21/h3-9H,2H2,1H3,(H,25,26,27). The zero-order valence-corrected chi connectivity index (χ0v) is 13.9. The van der Waals surface area contributed by atoms with Crippen LogP contribution in [0.15, 0.2) is 42.5 Å². The topological polar surface area (TPSA) is 37.8 Å². The van der Waals surface area contributed by atoms with Gasteiger partial charge >= 0.3 is 12.4 Å². The first-order chi connectivity index (χ1) is 12.6. The molecule has 0 atom stereocenters. The van der Waals surface area contributed by atoms with Gasteiger partial charge in [-0.25, -0.2) is 9.97 Å². The molecule has 142 valence electrons. The van der Waals surface area contributed by atoms with Crippen LogP contribution in [0.2, 0.25) is 0 Å². The van der Waals surface area contributed by atoms with Crippen LogP contribution in [0.5, 0.6) is 0 Å². The molecular formula is C18H13F6N3. The number of alkyl halides is 6. The van der Waals surface area contributed by atoms with Crippen molar-refractivity contribution in [1.29, 1.82) is 0 Å². The second-order valence-electron chi connectivity index (χ2n) is 5.73. The lowest BCUT2D eigenvalue weighted by Gasteiger charge is -2.13. The summed E-state index contributed by atoms with van der Waals surface area (Å²) in [5.74, 6) is 0.345. The van der Waals surface area contributed by atoms with E-state index in [1.807, 2.05) is 0 Å². The van der Waals surface area contributed by atoms with E-state index in [1.165, 1.54) is 18.2 Å². The third-order valence-electron chi connectivity index (χ3n) is 3.84. The number of halogens is 6. The van der Waals surface area contributed by atoms with Gasteiger partial charge in [0.1, 0.15) is 5.82 Å². The van der Waals surface area contributed by atoms with Crippen LogP contribution in [0.3, 0.4) is 0 Å². The van der Waals surface area contributed by atoms with E-state index in [4.69, 9.17) is 0 Å². The molecule has 1 heterocycles. The van der Waals surface area contributed by atoms with Crippen molar-refractivity contribution >= 4 is 16.7 Å². The van der Waals surface area contributed by atoms with Crippen molar-refractivity contribution < 1.29 is 26.3 Å². The van der Waals surface area contributed by atoms with E-state index in [0.29, 0.717) is 17.7 Å². The number of anilines is 1. The molecule has 0 saturated heterocycles. The van der Waals surface area contributed by atoms with Crippen molar-refractivity contribution in [2.75, 3.05) is 11.9 Å². The van der Waals surface area contributed by atoms with Gasteiger partial charge in [-0.2, -0.15) is 26.3 Å². The Morgan fingerprint density at radius 2 is 1.41 bits per heavy atom. The third-order valence-corrected chi connectivity index (χ3v) is 3.84. The first-order valence-electron chi connectivity index (χ1n) is 7.90. The molecule has 27 heavy (non-hydrogen) atoms. The number of rotatable bonds is 3. The highest BCUT2D eigenvalue weighted by atomic mass is 19.4. The highest BCUT2D eigenvalue weighted by molar-refractivity contribution is 5.91. The fourth-order valence-corrected chi connectivity index (χ4v) is 2.55. The van der Waals surface area contributed by atoms with Crippen molar-refractivity contribution in [3.05, 3.63) is 53.6 Å². The summed E-state index contributed by atoms with van der Waals surface area (Å²) in [5, 5.41) is 3.33. The molecule has 3 nitrogen and oxygen atoms in total. The Hall–Kier alpha value is -2.84. The fourth-order valence-electron chi connectivity index (χ4n) is 2.55. The van der Waals surface area contributed by atoms with Gasteiger partial charge < -0.3 is 5.32 Å². The maximum Gasteiger partial charge on any atom is 0.416 e. The molecule has 0 spiro atoms. The van der Waals surface area contributed by atoms with E-state index < -0.39 is 23.5 Å². The zero-order chi connectivity index (χ0) is 19.8. The van der Waals surface area contributed by atoms with Gasteiger partial charge in [0.25, 0.3) is 0 Å². The van der Waals surface area contributed by atoms with Crippen molar-refractivity contribution in [2.24, 2.45) is 0 Å². The Morgan fingerprint density at radius 1 is 0.815 bits per heavy atom. The number of aromatic nitrogens is 2. The van der Waals surface area contributed by atoms with E-state index in [9.17, 15) is 26.3 Å².